The minimum Gasteiger partial charge on any atom is -0.481 e. The smallest absolute Gasteiger partial charge is 0.373 e. The molecule has 0 fully saturated rings. The number of carbonyl (C=O) groups is 2. The van der Waals surface area contributed by atoms with Crippen LogP contribution in [0.5, 0.6) is 0 Å². The topological polar surface area (TPSA) is 76.7 Å². The Labute approximate surface area is 125 Å². The van der Waals surface area contributed by atoms with E-state index in [1.54, 1.807) is 36.0 Å². The van der Waals surface area contributed by atoms with Crippen LogP contribution in [-0.4, -0.2) is 24.2 Å². The molecule has 1 aromatic carbocycles. The number of methoxy groups -OCH3 is 1. The Bertz CT molecular complexity index is 630. The number of carboxylic acids is 1. The van der Waals surface area contributed by atoms with E-state index >= 15 is 0 Å². The van der Waals surface area contributed by atoms with Gasteiger partial charge in [-0.2, -0.15) is 0 Å². The van der Waals surface area contributed by atoms with Gasteiger partial charge in [0.15, 0.2) is 0 Å². The van der Waals surface area contributed by atoms with Crippen molar-refractivity contribution in [1.82, 2.24) is 0 Å². The molecule has 21 heavy (non-hydrogen) atoms. The van der Waals surface area contributed by atoms with Gasteiger partial charge in [-0.05, 0) is 29.8 Å². The molecule has 0 aliphatic heterocycles. The zero-order chi connectivity index (χ0) is 15.2. The Morgan fingerprint density at radius 3 is 2.52 bits per heavy atom. The van der Waals surface area contributed by atoms with E-state index in [1.807, 2.05) is 12.1 Å². The molecule has 0 atom stereocenters. The van der Waals surface area contributed by atoms with Crippen LogP contribution in [0.3, 0.4) is 0 Å². The number of carboxylic acid groups (broad SMARTS) is 1. The van der Waals surface area contributed by atoms with Crippen molar-refractivity contribution in [2.24, 2.45) is 0 Å². The molecule has 5 nitrogen and oxygen atoms in total. The van der Waals surface area contributed by atoms with Crippen LogP contribution >= 0.6 is 11.8 Å². The summed E-state index contributed by atoms with van der Waals surface area (Å²) in [5.41, 5.74) is 0.762. The lowest BCUT2D eigenvalue weighted by atomic mass is 10.2. The Kier molecular flexibility index (Phi) is 5.05. The number of aliphatic carboxylic acids is 1. The molecular formula is C15H14O5S. The van der Waals surface area contributed by atoms with Gasteiger partial charge >= 0.3 is 11.9 Å². The zero-order valence-corrected chi connectivity index (χ0v) is 12.2. The number of rotatable bonds is 6. The van der Waals surface area contributed by atoms with Crippen LogP contribution in [0.25, 0.3) is 0 Å². The summed E-state index contributed by atoms with van der Waals surface area (Å²) < 4.78 is 9.93. The molecule has 0 saturated heterocycles. The van der Waals surface area contributed by atoms with Crippen molar-refractivity contribution in [3.05, 3.63) is 53.5 Å². The maximum absolute atomic E-state index is 11.3. The van der Waals surface area contributed by atoms with E-state index in [4.69, 9.17) is 9.52 Å². The molecular weight excluding hydrogens is 292 g/mol. The molecule has 1 heterocycles. The largest absolute Gasteiger partial charge is 0.481 e. The normalized spacial score (nSPS) is 10.3. The van der Waals surface area contributed by atoms with Crippen LogP contribution in [-0.2, 0) is 21.7 Å². The summed E-state index contributed by atoms with van der Waals surface area (Å²) in [6.45, 7) is 0. The van der Waals surface area contributed by atoms with Crippen LogP contribution in [0.2, 0.25) is 0 Å². The predicted molar refractivity (Wildman–Crippen MR) is 77.4 cm³/mol. The highest BCUT2D eigenvalue weighted by Crippen LogP contribution is 2.24. The van der Waals surface area contributed by atoms with E-state index in [2.05, 4.69) is 4.74 Å². The molecule has 0 aliphatic rings. The van der Waals surface area contributed by atoms with Crippen LogP contribution in [0.1, 0.15) is 21.9 Å². The molecule has 6 heteroatoms. The van der Waals surface area contributed by atoms with E-state index in [0.717, 1.165) is 10.5 Å². The molecule has 0 bridgehead atoms. The number of hydrogen-bond acceptors (Lipinski definition) is 5. The number of benzene rings is 1. The summed E-state index contributed by atoms with van der Waals surface area (Å²) in [6, 6.07) is 10.6. The average Bonchev–Trinajstić information content (AvgIpc) is 2.94. The van der Waals surface area contributed by atoms with Gasteiger partial charge in [0.1, 0.15) is 5.76 Å². The molecule has 2 aromatic rings. The number of hydrogen-bond donors (Lipinski definition) is 1. The fourth-order valence-corrected chi connectivity index (χ4v) is 2.49. The van der Waals surface area contributed by atoms with Gasteiger partial charge in [0.25, 0.3) is 0 Å². The van der Waals surface area contributed by atoms with Crippen LogP contribution in [0.15, 0.2) is 45.7 Å². The van der Waals surface area contributed by atoms with E-state index in [1.165, 1.54) is 7.11 Å². The second-order valence-corrected chi connectivity index (χ2v) is 5.31. The summed E-state index contributed by atoms with van der Waals surface area (Å²) in [4.78, 5) is 22.8. The Balaban J connectivity index is 1.92. The Morgan fingerprint density at radius 1 is 1.19 bits per heavy atom. The Hall–Kier alpha value is -2.21. The van der Waals surface area contributed by atoms with E-state index in [0.29, 0.717) is 11.5 Å². The second-order valence-electron chi connectivity index (χ2n) is 4.26. The van der Waals surface area contributed by atoms with Crippen LogP contribution in [0.4, 0.5) is 0 Å². The quantitative estimate of drug-likeness (QED) is 0.653. The van der Waals surface area contributed by atoms with Gasteiger partial charge in [0, 0.05) is 4.90 Å². The van der Waals surface area contributed by atoms with Crippen molar-refractivity contribution >= 4 is 23.7 Å². The molecule has 0 aliphatic carbocycles. The molecule has 0 spiro atoms. The number of furan rings is 1. The minimum absolute atomic E-state index is 0.0195. The second kappa shape index (κ2) is 6.99. The highest BCUT2D eigenvalue weighted by Gasteiger charge is 2.11. The van der Waals surface area contributed by atoms with Crippen molar-refractivity contribution in [2.75, 3.05) is 7.11 Å². The van der Waals surface area contributed by atoms with E-state index in [-0.39, 0.29) is 12.2 Å². The summed E-state index contributed by atoms with van der Waals surface area (Å²) in [5.74, 6) is 0.0976. The first-order chi connectivity index (χ1) is 10.1. The SMILES string of the molecule is COC(=O)c1ccc(CSc2ccc(CC(=O)O)cc2)o1. The molecule has 0 amide bonds. The fourth-order valence-electron chi connectivity index (χ4n) is 1.70. The third-order valence-electron chi connectivity index (χ3n) is 2.71. The molecule has 1 N–H and O–H groups in total. The molecule has 2 rings (SSSR count). The first-order valence-electron chi connectivity index (χ1n) is 6.19. The minimum atomic E-state index is -0.846. The first kappa shape index (κ1) is 15.2. The summed E-state index contributed by atoms with van der Waals surface area (Å²) >= 11 is 1.54. The average molecular weight is 306 g/mol. The lowest BCUT2D eigenvalue weighted by Crippen LogP contribution is -1.99. The van der Waals surface area contributed by atoms with Gasteiger partial charge in [0.05, 0.1) is 19.3 Å². The standard InChI is InChI=1S/C15H14O5S/c1-19-15(18)13-7-4-11(20-13)9-21-12-5-2-10(3-6-12)8-14(16)17/h2-7H,8-9H2,1H3,(H,16,17). The fraction of sp³-hybridized carbons (Fsp3) is 0.200. The summed E-state index contributed by atoms with van der Waals surface area (Å²) in [6.07, 6.45) is 0.0195. The molecule has 0 saturated carbocycles. The van der Waals surface area contributed by atoms with Crippen LogP contribution < -0.4 is 0 Å². The van der Waals surface area contributed by atoms with Crippen molar-refractivity contribution in [2.45, 2.75) is 17.1 Å². The van der Waals surface area contributed by atoms with Crippen molar-refractivity contribution < 1.29 is 23.8 Å². The lowest BCUT2D eigenvalue weighted by Gasteiger charge is -2.01. The third kappa shape index (κ3) is 4.39. The first-order valence-corrected chi connectivity index (χ1v) is 7.17. The molecule has 1 aromatic heterocycles. The maximum atomic E-state index is 11.3. The van der Waals surface area contributed by atoms with Crippen molar-refractivity contribution in [3.8, 4) is 0 Å². The molecule has 0 unspecified atom stereocenters. The monoisotopic (exact) mass is 306 g/mol. The number of carbonyl (C=O) groups excluding carboxylic acids is 1. The summed E-state index contributed by atoms with van der Waals surface area (Å²) in [7, 11) is 1.30. The van der Waals surface area contributed by atoms with Crippen molar-refractivity contribution in [1.29, 1.82) is 0 Å². The van der Waals surface area contributed by atoms with Gasteiger partial charge in [-0.15, -0.1) is 11.8 Å². The van der Waals surface area contributed by atoms with E-state index < -0.39 is 11.9 Å². The highest BCUT2D eigenvalue weighted by molar-refractivity contribution is 7.98. The highest BCUT2D eigenvalue weighted by atomic mass is 32.2. The van der Waals surface area contributed by atoms with Crippen LogP contribution in [0, 0.1) is 0 Å². The van der Waals surface area contributed by atoms with Gasteiger partial charge in [0.2, 0.25) is 5.76 Å². The maximum Gasteiger partial charge on any atom is 0.373 e. The van der Waals surface area contributed by atoms with Gasteiger partial charge in [-0.1, -0.05) is 12.1 Å². The van der Waals surface area contributed by atoms with Gasteiger partial charge in [-0.3, -0.25) is 4.79 Å². The van der Waals surface area contributed by atoms with Crippen molar-refractivity contribution in [3.63, 3.8) is 0 Å². The van der Waals surface area contributed by atoms with Gasteiger partial charge in [-0.25, -0.2) is 4.79 Å². The van der Waals surface area contributed by atoms with E-state index in [9.17, 15) is 9.59 Å². The number of ether oxygens (including phenoxy) is 1. The third-order valence-corrected chi connectivity index (χ3v) is 3.74. The molecule has 110 valence electrons. The summed E-state index contributed by atoms with van der Waals surface area (Å²) in [5, 5.41) is 8.70. The lowest BCUT2D eigenvalue weighted by molar-refractivity contribution is -0.136. The Morgan fingerprint density at radius 2 is 1.90 bits per heavy atom. The zero-order valence-electron chi connectivity index (χ0n) is 11.4. The van der Waals surface area contributed by atoms with Gasteiger partial charge < -0.3 is 14.3 Å². The number of thioether (sulfide) groups is 1. The predicted octanol–water partition coefficient (Wildman–Crippen LogP) is 2.99. The molecule has 0 radical (unpaired) electrons. The number of esters is 1.